The summed E-state index contributed by atoms with van der Waals surface area (Å²) in [5.74, 6) is 1.41. The summed E-state index contributed by atoms with van der Waals surface area (Å²) in [5, 5.41) is 8.91. The third-order valence-corrected chi connectivity index (χ3v) is 3.36. The van der Waals surface area contributed by atoms with Gasteiger partial charge in [-0.3, -0.25) is 4.79 Å². The first-order valence-corrected chi connectivity index (χ1v) is 5.84. The van der Waals surface area contributed by atoms with Crippen LogP contribution in [-0.2, 0) is 4.79 Å². The minimum atomic E-state index is 0.363. The van der Waals surface area contributed by atoms with Crippen LogP contribution >= 0.6 is 0 Å². The van der Waals surface area contributed by atoms with E-state index in [2.05, 4.69) is 6.07 Å². The molecule has 1 aromatic rings. The van der Waals surface area contributed by atoms with Crippen LogP contribution in [0.25, 0.3) is 0 Å². The lowest BCUT2D eigenvalue weighted by Crippen LogP contribution is -2.12. The minimum absolute atomic E-state index is 0.363. The maximum absolute atomic E-state index is 11.2. The molecule has 3 nitrogen and oxygen atoms in total. The lowest BCUT2D eigenvalue weighted by molar-refractivity contribution is -0.120. The summed E-state index contributed by atoms with van der Waals surface area (Å²) in [6.07, 6.45) is 3.17. The molecule has 88 valence electrons. The van der Waals surface area contributed by atoms with Crippen LogP contribution in [0.5, 0.6) is 5.75 Å². The summed E-state index contributed by atoms with van der Waals surface area (Å²) in [5.41, 5.74) is 1.73. The Kier molecular flexibility index (Phi) is 3.43. The van der Waals surface area contributed by atoms with Crippen molar-refractivity contribution in [1.29, 1.82) is 5.26 Å². The summed E-state index contributed by atoms with van der Waals surface area (Å²) >= 11 is 0. The number of methoxy groups -OCH3 is 1. The van der Waals surface area contributed by atoms with Crippen molar-refractivity contribution in [2.45, 2.75) is 31.6 Å². The number of nitrogens with zero attached hydrogens (tertiary/aromatic N) is 1. The van der Waals surface area contributed by atoms with Crippen molar-refractivity contribution in [2.24, 2.45) is 0 Å². The second-order valence-corrected chi connectivity index (χ2v) is 4.38. The normalized spacial score (nSPS) is 16.6. The van der Waals surface area contributed by atoms with E-state index in [-0.39, 0.29) is 0 Å². The van der Waals surface area contributed by atoms with Crippen LogP contribution in [-0.4, -0.2) is 12.9 Å². The molecule has 1 aliphatic rings. The molecule has 2 rings (SSSR count). The third-order valence-electron chi connectivity index (χ3n) is 3.36. The molecule has 0 amide bonds. The second-order valence-electron chi connectivity index (χ2n) is 4.38. The number of ether oxygens (including phenoxy) is 1. The number of benzene rings is 1. The molecule has 0 aromatic heterocycles. The zero-order valence-electron chi connectivity index (χ0n) is 9.90. The fourth-order valence-corrected chi connectivity index (χ4v) is 2.33. The molecular formula is C14H15NO2. The molecule has 1 aliphatic carbocycles. The van der Waals surface area contributed by atoms with Crippen LogP contribution in [0.1, 0.15) is 42.7 Å². The Hall–Kier alpha value is -1.82. The predicted molar refractivity (Wildman–Crippen MR) is 63.9 cm³/mol. The number of rotatable bonds is 2. The number of hydrogen-bond donors (Lipinski definition) is 0. The van der Waals surface area contributed by atoms with Gasteiger partial charge in [0.15, 0.2) is 0 Å². The van der Waals surface area contributed by atoms with Crippen LogP contribution in [0.2, 0.25) is 0 Å². The van der Waals surface area contributed by atoms with Gasteiger partial charge in [-0.05, 0) is 36.5 Å². The van der Waals surface area contributed by atoms with E-state index in [1.165, 1.54) is 5.56 Å². The fourth-order valence-electron chi connectivity index (χ4n) is 2.33. The Morgan fingerprint density at radius 1 is 1.35 bits per heavy atom. The zero-order valence-corrected chi connectivity index (χ0v) is 9.90. The highest BCUT2D eigenvalue weighted by molar-refractivity contribution is 5.79. The van der Waals surface area contributed by atoms with Crippen LogP contribution in [0.4, 0.5) is 0 Å². The highest BCUT2D eigenvalue weighted by Crippen LogP contribution is 2.33. The van der Waals surface area contributed by atoms with Crippen LogP contribution in [0.3, 0.4) is 0 Å². The van der Waals surface area contributed by atoms with Crippen molar-refractivity contribution < 1.29 is 9.53 Å². The largest absolute Gasteiger partial charge is 0.495 e. The van der Waals surface area contributed by atoms with Crippen molar-refractivity contribution in [2.75, 3.05) is 7.11 Å². The number of Topliss-reactive ketones (excluding diaryl/α,β-unsaturated/α-hetero) is 1. The molecule has 0 bridgehead atoms. The van der Waals surface area contributed by atoms with Crippen molar-refractivity contribution in [1.82, 2.24) is 0 Å². The van der Waals surface area contributed by atoms with Crippen molar-refractivity contribution in [3.05, 3.63) is 29.3 Å². The standard InChI is InChI=1S/C14H15NO2/c1-17-14-8-11(2-3-12(14)9-15)10-4-6-13(16)7-5-10/h2-3,8,10H,4-7H2,1H3. The monoisotopic (exact) mass is 229 g/mol. The van der Waals surface area contributed by atoms with Gasteiger partial charge >= 0.3 is 0 Å². The Labute approximate surface area is 101 Å². The van der Waals surface area contributed by atoms with Crippen molar-refractivity contribution >= 4 is 5.78 Å². The fraction of sp³-hybridized carbons (Fsp3) is 0.429. The van der Waals surface area contributed by atoms with Crippen LogP contribution in [0.15, 0.2) is 18.2 Å². The lowest BCUT2D eigenvalue weighted by atomic mass is 9.83. The molecule has 1 saturated carbocycles. The first-order valence-electron chi connectivity index (χ1n) is 5.84. The molecule has 0 unspecified atom stereocenters. The Bertz CT molecular complexity index is 464. The summed E-state index contributed by atoms with van der Waals surface area (Å²) < 4.78 is 5.20. The number of ketones is 1. The quantitative estimate of drug-likeness (QED) is 0.783. The zero-order chi connectivity index (χ0) is 12.3. The van der Waals surface area contributed by atoms with Crippen molar-refractivity contribution in [3.63, 3.8) is 0 Å². The maximum Gasteiger partial charge on any atom is 0.136 e. The molecule has 0 heterocycles. The number of nitriles is 1. The van der Waals surface area contributed by atoms with Gasteiger partial charge in [-0.1, -0.05) is 6.07 Å². The number of carbonyl (C=O) groups excluding carboxylic acids is 1. The summed E-state index contributed by atoms with van der Waals surface area (Å²) in [7, 11) is 1.57. The maximum atomic E-state index is 11.2. The summed E-state index contributed by atoms with van der Waals surface area (Å²) in [4.78, 5) is 11.2. The first kappa shape index (κ1) is 11.7. The van der Waals surface area contributed by atoms with E-state index >= 15 is 0 Å². The predicted octanol–water partition coefficient (Wildman–Crippen LogP) is 2.79. The highest BCUT2D eigenvalue weighted by atomic mass is 16.5. The van der Waals surface area contributed by atoms with Crippen LogP contribution < -0.4 is 4.74 Å². The van der Waals surface area contributed by atoms with Gasteiger partial charge in [0.1, 0.15) is 17.6 Å². The molecular weight excluding hydrogens is 214 g/mol. The Morgan fingerprint density at radius 3 is 2.65 bits per heavy atom. The minimum Gasteiger partial charge on any atom is -0.495 e. The van der Waals surface area contributed by atoms with Crippen molar-refractivity contribution in [3.8, 4) is 11.8 Å². The van der Waals surface area contributed by atoms with E-state index in [4.69, 9.17) is 10.00 Å². The van der Waals surface area contributed by atoms with Gasteiger partial charge in [0.2, 0.25) is 0 Å². The van der Waals surface area contributed by atoms with Crippen LogP contribution in [0, 0.1) is 11.3 Å². The SMILES string of the molecule is COc1cc(C2CCC(=O)CC2)ccc1C#N. The van der Waals surface area contributed by atoms with E-state index < -0.39 is 0 Å². The average Bonchev–Trinajstić information content (AvgIpc) is 2.39. The van der Waals surface area contributed by atoms with E-state index in [0.29, 0.717) is 35.9 Å². The molecule has 0 spiro atoms. The smallest absolute Gasteiger partial charge is 0.136 e. The molecule has 17 heavy (non-hydrogen) atoms. The molecule has 0 saturated heterocycles. The number of hydrogen-bond acceptors (Lipinski definition) is 3. The van der Waals surface area contributed by atoms with E-state index in [9.17, 15) is 4.79 Å². The topological polar surface area (TPSA) is 50.1 Å². The van der Waals surface area contributed by atoms with Gasteiger partial charge in [0.05, 0.1) is 12.7 Å². The molecule has 1 aromatic carbocycles. The Morgan fingerprint density at radius 2 is 2.06 bits per heavy atom. The molecule has 1 fully saturated rings. The van der Waals surface area contributed by atoms with Gasteiger partial charge in [-0.25, -0.2) is 0 Å². The molecule has 3 heteroatoms. The average molecular weight is 229 g/mol. The molecule has 0 atom stereocenters. The van der Waals surface area contributed by atoms with Gasteiger partial charge < -0.3 is 4.74 Å². The first-order chi connectivity index (χ1) is 8.24. The highest BCUT2D eigenvalue weighted by Gasteiger charge is 2.21. The van der Waals surface area contributed by atoms with Gasteiger partial charge in [-0.15, -0.1) is 0 Å². The van der Waals surface area contributed by atoms with E-state index in [0.717, 1.165) is 12.8 Å². The van der Waals surface area contributed by atoms with Gasteiger partial charge in [-0.2, -0.15) is 5.26 Å². The van der Waals surface area contributed by atoms with Gasteiger partial charge in [0, 0.05) is 12.8 Å². The summed E-state index contributed by atoms with van der Waals surface area (Å²) in [6, 6.07) is 7.80. The van der Waals surface area contributed by atoms with E-state index in [1.54, 1.807) is 13.2 Å². The van der Waals surface area contributed by atoms with E-state index in [1.807, 2.05) is 12.1 Å². The summed E-state index contributed by atoms with van der Waals surface area (Å²) in [6.45, 7) is 0. The van der Waals surface area contributed by atoms with Gasteiger partial charge in [0.25, 0.3) is 0 Å². The molecule has 0 radical (unpaired) electrons. The Balaban J connectivity index is 2.22. The molecule has 0 N–H and O–H groups in total. The second kappa shape index (κ2) is 5.01. The molecule has 0 aliphatic heterocycles. The third kappa shape index (κ3) is 2.47. The number of carbonyl (C=O) groups is 1. The lowest BCUT2D eigenvalue weighted by Gasteiger charge is -2.21.